The molecule has 1 aliphatic rings. The van der Waals surface area contributed by atoms with Crippen molar-refractivity contribution in [2.75, 3.05) is 26.2 Å². The molecule has 1 aliphatic heterocycles. The van der Waals surface area contributed by atoms with Crippen LogP contribution in [0.1, 0.15) is 11.1 Å². The number of rotatable bonds is 4. The average Bonchev–Trinajstić information content (AvgIpc) is 2.68. The second kappa shape index (κ2) is 7.49. The quantitative estimate of drug-likeness (QED) is 0.729. The van der Waals surface area contributed by atoms with E-state index in [0.717, 1.165) is 32.7 Å². The van der Waals surface area contributed by atoms with Gasteiger partial charge in [0.05, 0.1) is 32.4 Å². The van der Waals surface area contributed by atoms with Gasteiger partial charge in [0.2, 0.25) is 0 Å². The Kier molecular flexibility index (Phi) is 4.75. The summed E-state index contributed by atoms with van der Waals surface area (Å²) in [5.74, 6) is 0. The Morgan fingerprint density at radius 1 is 0.840 bits per heavy atom. The van der Waals surface area contributed by atoms with Crippen molar-refractivity contribution >= 4 is 17.0 Å². The fourth-order valence-corrected chi connectivity index (χ4v) is 3.49. The summed E-state index contributed by atoms with van der Waals surface area (Å²) in [7, 11) is 0. The van der Waals surface area contributed by atoms with Crippen molar-refractivity contribution in [1.82, 2.24) is 5.01 Å². The molecule has 3 aromatic rings. The zero-order valence-corrected chi connectivity index (χ0v) is 14.4. The molecule has 3 nitrogen and oxygen atoms in total. The van der Waals surface area contributed by atoms with Gasteiger partial charge in [0.1, 0.15) is 6.54 Å². The lowest BCUT2D eigenvalue weighted by molar-refractivity contribution is -0.918. The molecule has 0 amide bonds. The topological polar surface area (TPSA) is 20.0 Å². The Morgan fingerprint density at radius 2 is 1.56 bits per heavy atom. The summed E-state index contributed by atoms with van der Waals surface area (Å²) in [4.78, 5) is 1.64. The highest BCUT2D eigenvalue weighted by atomic mass is 15.5. The fraction of sp³-hybridized carbons (Fsp3) is 0.227. The Hall–Kier alpha value is -2.65. The molecule has 126 valence electrons. The van der Waals surface area contributed by atoms with Crippen LogP contribution in [0.25, 0.3) is 10.8 Å². The highest BCUT2D eigenvalue weighted by Gasteiger charge is 2.18. The van der Waals surface area contributed by atoms with Crippen LogP contribution in [0, 0.1) is 0 Å². The molecular formula is C22H24N3+. The number of fused-ring (bicyclic) bond motifs is 1. The Bertz CT molecular complexity index is 844. The minimum atomic E-state index is 1.02. The molecule has 1 heterocycles. The van der Waals surface area contributed by atoms with Gasteiger partial charge < -0.3 is 4.90 Å². The van der Waals surface area contributed by atoms with Crippen LogP contribution in [0.2, 0.25) is 0 Å². The maximum Gasteiger partial charge on any atom is 0.103 e. The van der Waals surface area contributed by atoms with Crippen LogP contribution in [0.15, 0.2) is 77.9 Å². The molecule has 3 heteroatoms. The van der Waals surface area contributed by atoms with E-state index >= 15 is 0 Å². The first-order chi connectivity index (χ1) is 12.4. The SMILES string of the molecule is C(=N\N1CC[NH+](Cc2ccccc2)CC1)/c1cccc2ccccc12. The minimum absolute atomic E-state index is 1.02. The molecule has 3 aromatic carbocycles. The van der Waals surface area contributed by atoms with Gasteiger partial charge in [0.15, 0.2) is 0 Å². The zero-order valence-electron chi connectivity index (χ0n) is 14.4. The predicted molar refractivity (Wildman–Crippen MR) is 104 cm³/mol. The third kappa shape index (κ3) is 3.89. The first-order valence-electron chi connectivity index (χ1n) is 9.03. The summed E-state index contributed by atoms with van der Waals surface area (Å²) in [5.41, 5.74) is 2.61. The number of nitrogens with zero attached hydrogens (tertiary/aromatic N) is 2. The standard InChI is InChI=1S/C22H23N3/c1-2-7-19(8-3-1)18-24-13-15-25(16-14-24)23-17-21-11-6-10-20-9-4-5-12-22(20)21/h1-12,17H,13-16,18H2/p+1/b23-17+. The second-order valence-corrected chi connectivity index (χ2v) is 6.68. The molecule has 4 rings (SSSR count). The normalized spacial score (nSPS) is 15.9. The third-order valence-corrected chi connectivity index (χ3v) is 4.93. The van der Waals surface area contributed by atoms with Gasteiger partial charge in [0, 0.05) is 11.1 Å². The van der Waals surface area contributed by atoms with Gasteiger partial charge in [-0.15, -0.1) is 0 Å². The molecule has 0 atom stereocenters. The Balaban J connectivity index is 1.37. The molecule has 1 fully saturated rings. The molecule has 25 heavy (non-hydrogen) atoms. The molecule has 0 unspecified atom stereocenters. The number of hydrogen-bond acceptors (Lipinski definition) is 2. The van der Waals surface area contributed by atoms with Crippen molar-refractivity contribution in [3.8, 4) is 0 Å². The van der Waals surface area contributed by atoms with Crippen molar-refractivity contribution < 1.29 is 4.90 Å². The summed E-state index contributed by atoms with van der Waals surface area (Å²) in [5, 5.41) is 9.48. The van der Waals surface area contributed by atoms with E-state index in [-0.39, 0.29) is 0 Å². The summed E-state index contributed by atoms with van der Waals surface area (Å²) < 4.78 is 0. The van der Waals surface area contributed by atoms with Crippen molar-refractivity contribution in [3.05, 3.63) is 83.9 Å². The lowest BCUT2D eigenvalue weighted by Crippen LogP contribution is -3.13. The Labute approximate surface area is 149 Å². The van der Waals surface area contributed by atoms with Crippen LogP contribution in [-0.2, 0) is 6.54 Å². The second-order valence-electron chi connectivity index (χ2n) is 6.68. The van der Waals surface area contributed by atoms with Gasteiger partial charge >= 0.3 is 0 Å². The van der Waals surface area contributed by atoms with E-state index in [1.807, 2.05) is 6.21 Å². The number of piperazine rings is 1. The summed E-state index contributed by atoms with van der Waals surface area (Å²) in [6.45, 7) is 5.43. The van der Waals surface area contributed by atoms with E-state index in [4.69, 9.17) is 5.10 Å². The zero-order chi connectivity index (χ0) is 16.9. The van der Waals surface area contributed by atoms with Crippen LogP contribution in [-0.4, -0.2) is 37.4 Å². The summed E-state index contributed by atoms with van der Waals surface area (Å²) in [6, 6.07) is 25.7. The minimum Gasteiger partial charge on any atom is -0.328 e. The van der Waals surface area contributed by atoms with E-state index in [9.17, 15) is 0 Å². The number of quaternary nitrogens is 1. The first-order valence-corrected chi connectivity index (χ1v) is 9.03. The first kappa shape index (κ1) is 15.9. The van der Waals surface area contributed by atoms with E-state index in [1.165, 1.54) is 21.9 Å². The molecule has 1 N–H and O–H groups in total. The van der Waals surface area contributed by atoms with Crippen LogP contribution in [0.5, 0.6) is 0 Å². The van der Waals surface area contributed by atoms with Gasteiger partial charge in [0.25, 0.3) is 0 Å². The lowest BCUT2D eigenvalue weighted by atomic mass is 10.1. The highest BCUT2D eigenvalue weighted by Crippen LogP contribution is 2.16. The maximum absolute atomic E-state index is 4.74. The monoisotopic (exact) mass is 330 g/mol. The molecule has 0 spiro atoms. The van der Waals surface area contributed by atoms with E-state index in [1.54, 1.807) is 4.90 Å². The predicted octanol–water partition coefficient (Wildman–Crippen LogP) is 2.57. The average molecular weight is 330 g/mol. The number of benzene rings is 3. The van der Waals surface area contributed by atoms with Crippen molar-refractivity contribution in [3.63, 3.8) is 0 Å². The number of nitrogens with one attached hydrogen (secondary N) is 1. The molecular weight excluding hydrogens is 306 g/mol. The summed E-state index contributed by atoms with van der Waals surface area (Å²) in [6.07, 6.45) is 2.02. The van der Waals surface area contributed by atoms with Gasteiger partial charge in [-0.05, 0) is 10.8 Å². The smallest absolute Gasteiger partial charge is 0.103 e. The molecule has 1 saturated heterocycles. The van der Waals surface area contributed by atoms with E-state index < -0.39 is 0 Å². The van der Waals surface area contributed by atoms with E-state index in [0.29, 0.717) is 0 Å². The molecule has 0 aromatic heterocycles. The molecule has 0 saturated carbocycles. The van der Waals surface area contributed by atoms with Gasteiger partial charge in [-0.3, -0.25) is 5.01 Å². The van der Waals surface area contributed by atoms with Gasteiger partial charge in [-0.1, -0.05) is 72.8 Å². The largest absolute Gasteiger partial charge is 0.328 e. The van der Waals surface area contributed by atoms with Crippen LogP contribution in [0.4, 0.5) is 0 Å². The van der Waals surface area contributed by atoms with E-state index in [2.05, 4.69) is 77.8 Å². The van der Waals surface area contributed by atoms with Crippen molar-refractivity contribution in [1.29, 1.82) is 0 Å². The van der Waals surface area contributed by atoms with Crippen LogP contribution >= 0.6 is 0 Å². The summed E-state index contributed by atoms with van der Waals surface area (Å²) >= 11 is 0. The van der Waals surface area contributed by atoms with Crippen LogP contribution < -0.4 is 4.90 Å². The molecule has 0 bridgehead atoms. The van der Waals surface area contributed by atoms with Crippen molar-refractivity contribution in [2.24, 2.45) is 5.10 Å². The fourth-order valence-electron chi connectivity index (χ4n) is 3.49. The maximum atomic E-state index is 4.74. The van der Waals surface area contributed by atoms with Gasteiger partial charge in [-0.2, -0.15) is 5.10 Å². The lowest BCUT2D eigenvalue weighted by Gasteiger charge is -2.30. The van der Waals surface area contributed by atoms with Crippen LogP contribution in [0.3, 0.4) is 0 Å². The molecule has 0 aliphatic carbocycles. The third-order valence-electron chi connectivity index (χ3n) is 4.93. The van der Waals surface area contributed by atoms with Gasteiger partial charge in [-0.25, -0.2) is 0 Å². The number of hydrazone groups is 1. The highest BCUT2D eigenvalue weighted by molar-refractivity contribution is 5.99. The molecule has 0 radical (unpaired) electrons. The number of hydrogen-bond donors (Lipinski definition) is 1. The Morgan fingerprint density at radius 3 is 2.40 bits per heavy atom. The van der Waals surface area contributed by atoms with Crippen molar-refractivity contribution in [2.45, 2.75) is 6.54 Å².